The van der Waals surface area contributed by atoms with Crippen LogP contribution in [0.25, 0.3) is 0 Å². The standard InChI is InChI=1S/C19H17F2NO4/c20-16-8-7-15(10-17(16)21)26-14-5-2-11(3-6-14)18(23)22-13-4-1-12(9-13)19(24)25/h2-3,5-8,10,12-13H,1,4,9H2,(H,22,23)(H,24,25)/t12-,13+/m1/s1. The van der Waals surface area contributed by atoms with Gasteiger partial charge in [-0.05, 0) is 55.7 Å². The molecular formula is C19H17F2NO4. The zero-order valence-electron chi connectivity index (χ0n) is 13.7. The molecule has 26 heavy (non-hydrogen) atoms. The molecule has 2 aromatic rings. The molecule has 0 aliphatic heterocycles. The van der Waals surface area contributed by atoms with Crippen LogP contribution in [0.2, 0.25) is 0 Å². The van der Waals surface area contributed by atoms with Gasteiger partial charge in [0.2, 0.25) is 0 Å². The Kier molecular flexibility index (Phi) is 5.16. The zero-order valence-corrected chi connectivity index (χ0v) is 13.7. The largest absolute Gasteiger partial charge is 0.481 e. The van der Waals surface area contributed by atoms with Crippen LogP contribution in [0.15, 0.2) is 42.5 Å². The van der Waals surface area contributed by atoms with E-state index in [-0.39, 0.29) is 17.7 Å². The van der Waals surface area contributed by atoms with E-state index < -0.39 is 23.5 Å². The topological polar surface area (TPSA) is 75.6 Å². The SMILES string of the molecule is O=C(N[C@H]1CC[C@@H](C(=O)O)C1)c1ccc(Oc2ccc(F)c(F)c2)cc1. The summed E-state index contributed by atoms with van der Waals surface area (Å²) >= 11 is 0. The molecule has 2 atom stereocenters. The number of nitrogens with one attached hydrogen (secondary N) is 1. The number of carbonyl (C=O) groups excluding carboxylic acids is 1. The number of benzene rings is 2. The molecule has 1 aliphatic carbocycles. The number of carboxylic acid groups (broad SMARTS) is 1. The van der Waals surface area contributed by atoms with Crippen LogP contribution < -0.4 is 10.1 Å². The van der Waals surface area contributed by atoms with Crippen molar-refractivity contribution in [1.82, 2.24) is 5.32 Å². The van der Waals surface area contributed by atoms with E-state index in [4.69, 9.17) is 9.84 Å². The molecule has 1 saturated carbocycles. The van der Waals surface area contributed by atoms with E-state index in [2.05, 4.69) is 5.32 Å². The van der Waals surface area contributed by atoms with E-state index in [0.717, 1.165) is 12.1 Å². The van der Waals surface area contributed by atoms with Crippen molar-refractivity contribution in [3.63, 3.8) is 0 Å². The van der Waals surface area contributed by atoms with Gasteiger partial charge in [0.15, 0.2) is 11.6 Å². The second-order valence-corrected chi connectivity index (χ2v) is 6.22. The van der Waals surface area contributed by atoms with Gasteiger partial charge in [0, 0.05) is 17.7 Å². The summed E-state index contributed by atoms with van der Waals surface area (Å²) in [7, 11) is 0. The molecular weight excluding hydrogens is 344 g/mol. The Hall–Kier alpha value is -2.96. The lowest BCUT2D eigenvalue weighted by Crippen LogP contribution is -2.33. The first-order valence-electron chi connectivity index (χ1n) is 8.19. The fourth-order valence-electron chi connectivity index (χ4n) is 2.96. The quantitative estimate of drug-likeness (QED) is 0.851. The number of hydrogen-bond donors (Lipinski definition) is 2. The molecule has 1 amide bonds. The normalized spacial score (nSPS) is 19.2. The number of carboxylic acids is 1. The van der Waals surface area contributed by atoms with Crippen LogP contribution in [0, 0.1) is 17.6 Å². The molecule has 0 unspecified atom stereocenters. The van der Waals surface area contributed by atoms with Crippen LogP contribution in [-0.4, -0.2) is 23.0 Å². The third-order valence-electron chi connectivity index (χ3n) is 4.36. The average molecular weight is 361 g/mol. The van der Waals surface area contributed by atoms with Crippen molar-refractivity contribution in [2.75, 3.05) is 0 Å². The number of aliphatic carboxylic acids is 1. The molecule has 1 aliphatic rings. The maximum atomic E-state index is 13.2. The molecule has 0 saturated heterocycles. The van der Waals surface area contributed by atoms with Crippen molar-refractivity contribution in [3.05, 3.63) is 59.7 Å². The molecule has 0 spiro atoms. The number of amides is 1. The Labute approximate surface area is 148 Å². The smallest absolute Gasteiger partial charge is 0.306 e. The highest BCUT2D eigenvalue weighted by Gasteiger charge is 2.30. The minimum Gasteiger partial charge on any atom is -0.481 e. The fourth-order valence-corrected chi connectivity index (χ4v) is 2.96. The lowest BCUT2D eigenvalue weighted by atomic mass is 10.1. The monoisotopic (exact) mass is 361 g/mol. The average Bonchev–Trinajstić information content (AvgIpc) is 3.07. The van der Waals surface area contributed by atoms with Crippen molar-refractivity contribution >= 4 is 11.9 Å². The third kappa shape index (κ3) is 4.17. The lowest BCUT2D eigenvalue weighted by Gasteiger charge is -2.13. The first kappa shape index (κ1) is 17.8. The van der Waals surface area contributed by atoms with E-state index in [1.165, 1.54) is 6.07 Å². The summed E-state index contributed by atoms with van der Waals surface area (Å²) in [6.45, 7) is 0. The van der Waals surface area contributed by atoms with Crippen molar-refractivity contribution in [2.24, 2.45) is 5.92 Å². The summed E-state index contributed by atoms with van der Waals surface area (Å²) in [6, 6.07) is 9.26. The molecule has 0 radical (unpaired) electrons. The number of rotatable bonds is 5. The first-order chi connectivity index (χ1) is 12.4. The van der Waals surface area contributed by atoms with Gasteiger partial charge in [-0.15, -0.1) is 0 Å². The number of ether oxygens (including phenoxy) is 1. The van der Waals surface area contributed by atoms with Crippen LogP contribution >= 0.6 is 0 Å². The van der Waals surface area contributed by atoms with Crippen molar-refractivity contribution in [3.8, 4) is 11.5 Å². The van der Waals surface area contributed by atoms with Crippen molar-refractivity contribution < 1.29 is 28.2 Å². The molecule has 2 N–H and O–H groups in total. The minimum absolute atomic E-state index is 0.145. The van der Waals surface area contributed by atoms with Gasteiger partial charge in [-0.1, -0.05) is 0 Å². The summed E-state index contributed by atoms with van der Waals surface area (Å²) in [6.07, 6.45) is 1.62. The molecule has 0 bridgehead atoms. The molecule has 0 aromatic heterocycles. The van der Waals surface area contributed by atoms with Crippen molar-refractivity contribution in [1.29, 1.82) is 0 Å². The molecule has 1 fully saturated rings. The Balaban J connectivity index is 1.59. The summed E-state index contributed by atoms with van der Waals surface area (Å²) < 4.78 is 31.5. The second kappa shape index (κ2) is 7.51. The van der Waals surface area contributed by atoms with Crippen LogP contribution in [0.3, 0.4) is 0 Å². The Morgan fingerprint density at radius 2 is 1.69 bits per heavy atom. The summed E-state index contributed by atoms with van der Waals surface area (Å²) in [5, 5.41) is 11.8. The highest BCUT2D eigenvalue weighted by atomic mass is 19.2. The maximum Gasteiger partial charge on any atom is 0.306 e. The number of halogens is 2. The van der Waals surface area contributed by atoms with E-state index >= 15 is 0 Å². The molecule has 2 aromatic carbocycles. The van der Waals surface area contributed by atoms with Gasteiger partial charge in [-0.2, -0.15) is 0 Å². The van der Waals surface area contributed by atoms with Gasteiger partial charge < -0.3 is 15.2 Å². The fraction of sp³-hybridized carbons (Fsp3) is 0.263. The Morgan fingerprint density at radius 3 is 2.31 bits per heavy atom. The van der Waals surface area contributed by atoms with Crippen LogP contribution in [0.5, 0.6) is 11.5 Å². The lowest BCUT2D eigenvalue weighted by molar-refractivity contribution is -0.141. The highest BCUT2D eigenvalue weighted by Crippen LogP contribution is 2.26. The third-order valence-corrected chi connectivity index (χ3v) is 4.36. The molecule has 5 nitrogen and oxygen atoms in total. The zero-order chi connectivity index (χ0) is 18.7. The van der Waals surface area contributed by atoms with Gasteiger partial charge >= 0.3 is 5.97 Å². The summed E-state index contributed by atoms with van der Waals surface area (Å²) in [5.74, 6) is -2.98. The van der Waals surface area contributed by atoms with Gasteiger partial charge in [0.1, 0.15) is 11.5 Å². The summed E-state index contributed by atoms with van der Waals surface area (Å²) in [5.41, 5.74) is 0.404. The maximum absolute atomic E-state index is 13.2. The van der Waals surface area contributed by atoms with Crippen LogP contribution in [-0.2, 0) is 4.79 Å². The van der Waals surface area contributed by atoms with Crippen LogP contribution in [0.1, 0.15) is 29.6 Å². The van der Waals surface area contributed by atoms with Crippen molar-refractivity contribution in [2.45, 2.75) is 25.3 Å². The predicted molar refractivity (Wildman–Crippen MR) is 89.1 cm³/mol. The molecule has 7 heteroatoms. The van der Waals surface area contributed by atoms with Gasteiger partial charge in [0.25, 0.3) is 5.91 Å². The first-order valence-corrected chi connectivity index (χ1v) is 8.19. The highest BCUT2D eigenvalue weighted by molar-refractivity contribution is 5.94. The molecule has 3 rings (SSSR count). The van der Waals surface area contributed by atoms with E-state index in [9.17, 15) is 18.4 Å². The number of carbonyl (C=O) groups is 2. The van der Waals surface area contributed by atoms with Gasteiger partial charge in [-0.3, -0.25) is 9.59 Å². The second-order valence-electron chi connectivity index (χ2n) is 6.22. The molecule has 0 heterocycles. The van der Waals surface area contributed by atoms with E-state index in [1.54, 1.807) is 24.3 Å². The van der Waals surface area contributed by atoms with Gasteiger partial charge in [0.05, 0.1) is 5.92 Å². The minimum atomic E-state index is -1.00. The Morgan fingerprint density at radius 1 is 1.00 bits per heavy atom. The van der Waals surface area contributed by atoms with Crippen LogP contribution in [0.4, 0.5) is 8.78 Å². The summed E-state index contributed by atoms with van der Waals surface area (Å²) in [4.78, 5) is 23.2. The number of hydrogen-bond acceptors (Lipinski definition) is 3. The van der Waals surface area contributed by atoms with E-state index in [1.807, 2.05) is 0 Å². The predicted octanol–water partition coefficient (Wildman–Crippen LogP) is 3.74. The Bertz CT molecular complexity index is 823. The van der Waals surface area contributed by atoms with Gasteiger partial charge in [-0.25, -0.2) is 8.78 Å². The molecule has 136 valence electrons. The van der Waals surface area contributed by atoms with E-state index in [0.29, 0.717) is 30.6 Å².